The van der Waals surface area contributed by atoms with Gasteiger partial charge in [-0.3, -0.25) is 14.9 Å². The van der Waals surface area contributed by atoms with Gasteiger partial charge in [-0.15, -0.1) is 11.3 Å². The molecule has 0 saturated carbocycles. The van der Waals surface area contributed by atoms with E-state index in [2.05, 4.69) is 25.5 Å². The predicted octanol–water partition coefficient (Wildman–Crippen LogP) is 5.22. The zero-order valence-electron chi connectivity index (χ0n) is 19.9. The van der Waals surface area contributed by atoms with Crippen molar-refractivity contribution in [2.45, 2.75) is 32.4 Å². The molecular weight excluding hydrogens is 498 g/mol. The Morgan fingerprint density at radius 3 is 2.57 bits per heavy atom. The fourth-order valence-electron chi connectivity index (χ4n) is 4.54. The van der Waals surface area contributed by atoms with Gasteiger partial charge in [0, 0.05) is 43.0 Å². The van der Waals surface area contributed by atoms with Crippen molar-refractivity contribution < 1.29 is 18.4 Å². The molecule has 0 radical (unpaired) electrons. The van der Waals surface area contributed by atoms with E-state index in [1.807, 2.05) is 29.6 Å². The summed E-state index contributed by atoms with van der Waals surface area (Å²) in [4.78, 5) is 34.3. The molecule has 37 heavy (non-hydrogen) atoms. The second-order valence-corrected chi connectivity index (χ2v) is 9.61. The van der Waals surface area contributed by atoms with E-state index in [4.69, 9.17) is 0 Å². The highest BCUT2D eigenvalue weighted by Gasteiger charge is 2.28. The molecule has 1 aliphatic rings. The lowest BCUT2D eigenvalue weighted by molar-refractivity contribution is -0.114. The molecule has 4 aromatic rings. The van der Waals surface area contributed by atoms with Crippen LogP contribution in [0.5, 0.6) is 0 Å². The fourth-order valence-corrected chi connectivity index (χ4v) is 5.29. The first-order chi connectivity index (χ1) is 17.9. The molecule has 2 N–H and O–H groups in total. The smallest absolute Gasteiger partial charge is 0.274 e. The summed E-state index contributed by atoms with van der Waals surface area (Å²) in [7, 11) is 0. The van der Waals surface area contributed by atoms with Crippen LogP contribution in [0.3, 0.4) is 0 Å². The molecule has 3 aromatic heterocycles. The highest BCUT2D eigenvalue weighted by Crippen LogP contribution is 2.37. The van der Waals surface area contributed by atoms with Gasteiger partial charge in [0.2, 0.25) is 17.8 Å². The largest absolute Gasteiger partial charge is 0.363 e. The van der Waals surface area contributed by atoms with Crippen molar-refractivity contribution >= 4 is 39.7 Å². The van der Waals surface area contributed by atoms with E-state index in [1.165, 1.54) is 18.3 Å². The number of benzene rings is 1. The molecule has 1 fully saturated rings. The average Bonchev–Trinajstić information content (AvgIpc) is 3.59. The summed E-state index contributed by atoms with van der Waals surface area (Å²) in [6.45, 7) is 2.48. The molecule has 1 atom stereocenters. The monoisotopic (exact) mass is 522 g/mol. The predicted molar refractivity (Wildman–Crippen MR) is 138 cm³/mol. The van der Waals surface area contributed by atoms with Crippen molar-refractivity contribution in [3.8, 4) is 0 Å². The molecule has 0 bridgehead atoms. The molecule has 1 saturated heterocycles. The number of pyridine rings is 1. The zero-order valence-corrected chi connectivity index (χ0v) is 20.8. The third kappa shape index (κ3) is 5.67. The van der Waals surface area contributed by atoms with Crippen LogP contribution in [0.25, 0.3) is 0 Å². The Bertz CT molecular complexity index is 1410. The van der Waals surface area contributed by atoms with Crippen molar-refractivity contribution in [1.82, 2.24) is 14.5 Å². The van der Waals surface area contributed by atoms with Gasteiger partial charge in [0.1, 0.15) is 5.69 Å². The van der Waals surface area contributed by atoms with Gasteiger partial charge in [0.15, 0.2) is 5.13 Å². The Balaban J connectivity index is 1.27. The normalized spacial score (nSPS) is 15.1. The van der Waals surface area contributed by atoms with Gasteiger partial charge in [0.05, 0.1) is 11.7 Å². The first-order valence-corrected chi connectivity index (χ1v) is 12.6. The maximum Gasteiger partial charge on any atom is 0.274 e. The summed E-state index contributed by atoms with van der Waals surface area (Å²) < 4.78 is 28.5. The first-order valence-electron chi connectivity index (χ1n) is 11.7. The number of carbonyl (C=O) groups excluding carboxylic acids is 2. The lowest BCUT2D eigenvalue weighted by Crippen LogP contribution is -2.23. The van der Waals surface area contributed by atoms with Crippen LogP contribution < -0.4 is 15.5 Å². The van der Waals surface area contributed by atoms with Crippen LogP contribution in [-0.4, -0.2) is 32.9 Å². The van der Waals surface area contributed by atoms with Gasteiger partial charge in [-0.05, 0) is 66.9 Å². The average molecular weight is 523 g/mol. The number of nitrogens with one attached hydrogen (secondary N) is 2. The molecule has 5 rings (SSSR count). The van der Waals surface area contributed by atoms with Gasteiger partial charge >= 0.3 is 0 Å². The van der Waals surface area contributed by atoms with Gasteiger partial charge in [-0.25, -0.2) is 4.98 Å². The van der Waals surface area contributed by atoms with Crippen molar-refractivity contribution in [1.29, 1.82) is 0 Å². The van der Waals surface area contributed by atoms with Crippen LogP contribution in [0.2, 0.25) is 0 Å². The molecule has 2 amide bonds. The maximum atomic E-state index is 13.5. The summed E-state index contributed by atoms with van der Waals surface area (Å²) in [5.41, 5.74) is 3.36. The van der Waals surface area contributed by atoms with Crippen molar-refractivity contribution in [2.75, 3.05) is 22.1 Å². The molecule has 0 aliphatic carbocycles. The second kappa shape index (κ2) is 10.5. The van der Waals surface area contributed by atoms with E-state index in [0.29, 0.717) is 16.4 Å². The topological polar surface area (TPSA) is 92.2 Å². The Labute approximate surface area is 216 Å². The minimum Gasteiger partial charge on any atom is -0.363 e. The molecule has 1 aliphatic heterocycles. The first kappa shape index (κ1) is 24.6. The van der Waals surface area contributed by atoms with E-state index in [-0.39, 0.29) is 24.4 Å². The van der Waals surface area contributed by atoms with Crippen molar-refractivity contribution in [2.24, 2.45) is 0 Å². The molecule has 190 valence electrons. The number of aromatic nitrogens is 3. The molecular formula is C26H24F2N6O2S. The lowest BCUT2D eigenvalue weighted by atomic mass is 10.1. The zero-order chi connectivity index (χ0) is 25.9. The summed E-state index contributed by atoms with van der Waals surface area (Å²) in [6, 6.07) is 13.4. The van der Waals surface area contributed by atoms with Crippen LogP contribution in [-0.2, 0) is 11.3 Å². The van der Waals surface area contributed by atoms with Crippen LogP contribution in [0.1, 0.15) is 47.6 Å². The number of amides is 2. The SMILES string of the molecule is CC(=O)Nc1ccc(N2CCCC2c2csc(NC(=O)c3cccn3Cc3cc(F)nc(F)c3)n2)cc1. The minimum atomic E-state index is -0.909. The Morgan fingerprint density at radius 1 is 1.08 bits per heavy atom. The van der Waals surface area contributed by atoms with Crippen LogP contribution in [0, 0.1) is 11.9 Å². The van der Waals surface area contributed by atoms with Crippen LogP contribution in [0.4, 0.5) is 25.3 Å². The van der Waals surface area contributed by atoms with Gasteiger partial charge in [-0.1, -0.05) is 0 Å². The fraction of sp³-hybridized carbons (Fsp3) is 0.231. The second-order valence-electron chi connectivity index (χ2n) is 8.75. The molecule has 1 aromatic carbocycles. The highest BCUT2D eigenvalue weighted by atomic mass is 32.1. The third-order valence-corrected chi connectivity index (χ3v) is 6.87. The molecule has 4 heterocycles. The third-order valence-electron chi connectivity index (χ3n) is 6.09. The van der Waals surface area contributed by atoms with Crippen molar-refractivity contribution in [3.63, 3.8) is 0 Å². The van der Waals surface area contributed by atoms with Gasteiger partial charge < -0.3 is 14.8 Å². The number of halogens is 2. The number of carbonyl (C=O) groups is 2. The van der Waals surface area contributed by atoms with E-state index < -0.39 is 11.9 Å². The number of nitrogens with zero attached hydrogens (tertiary/aromatic N) is 4. The maximum absolute atomic E-state index is 13.5. The molecule has 11 heteroatoms. The van der Waals surface area contributed by atoms with E-state index in [9.17, 15) is 18.4 Å². The number of rotatable bonds is 7. The van der Waals surface area contributed by atoms with Crippen LogP contribution in [0.15, 0.2) is 60.1 Å². The summed E-state index contributed by atoms with van der Waals surface area (Å²) in [5.74, 6) is -2.30. The standard InChI is InChI=1S/C26H24F2N6O2S/c1-16(35)29-18-6-8-19(9-7-18)34-11-3-4-21(34)20-15-37-26(30-20)32-25(36)22-5-2-10-33(22)14-17-12-23(27)31-24(28)13-17/h2,5-10,12-13,15,21H,3-4,11,14H2,1H3,(H,29,35)(H,30,32,36). The summed E-state index contributed by atoms with van der Waals surface area (Å²) >= 11 is 1.35. The summed E-state index contributed by atoms with van der Waals surface area (Å²) in [6.07, 6.45) is 3.62. The van der Waals surface area contributed by atoms with E-state index >= 15 is 0 Å². The molecule has 1 unspecified atom stereocenters. The van der Waals surface area contributed by atoms with E-state index in [0.717, 1.165) is 48.6 Å². The molecule has 8 nitrogen and oxygen atoms in total. The van der Waals surface area contributed by atoms with Crippen LogP contribution >= 0.6 is 11.3 Å². The quantitative estimate of drug-likeness (QED) is 0.325. The minimum absolute atomic E-state index is 0.0777. The summed E-state index contributed by atoms with van der Waals surface area (Å²) in [5, 5.41) is 8.04. The number of hydrogen-bond acceptors (Lipinski definition) is 6. The highest BCUT2D eigenvalue weighted by molar-refractivity contribution is 7.14. The molecule has 0 spiro atoms. The van der Waals surface area contributed by atoms with E-state index in [1.54, 1.807) is 22.9 Å². The number of hydrogen-bond donors (Lipinski definition) is 2. The van der Waals surface area contributed by atoms with Gasteiger partial charge in [-0.2, -0.15) is 13.8 Å². The number of thiazole rings is 1. The lowest BCUT2D eigenvalue weighted by Gasteiger charge is -2.25. The van der Waals surface area contributed by atoms with Gasteiger partial charge in [0.25, 0.3) is 5.91 Å². The Hall–Kier alpha value is -4.12. The Kier molecular flexibility index (Phi) is 6.95. The Morgan fingerprint density at radius 2 is 1.84 bits per heavy atom. The van der Waals surface area contributed by atoms with Crippen molar-refractivity contribution in [3.05, 3.63) is 89.0 Å². The number of anilines is 3.